The third kappa shape index (κ3) is 6.43. The number of hydrazone groups is 1. The summed E-state index contributed by atoms with van der Waals surface area (Å²) in [6.45, 7) is 6.52. The topological polar surface area (TPSA) is 85.1 Å². The number of nitrogens with one attached hydrogen (secondary N) is 1. The standard InChI is InChI=1S/C26H25BrN6OS/c1-26(2,3)20-8-6-18(7-9-20)15-29-30-23(34)17-35-25-32-31-24(19-5-4-14-28-16-19)33(25)22-12-10-21(27)11-13-22/h4-16H,17H2,1-3H3,(H,30,34). The Morgan fingerprint density at radius 1 is 1.09 bits per heavy atom. The lowest BCUT2D eigenvalue weighted by molar-refractivity contribution is -0.118. The fourth-order valence-corrected chi connectivity index (χ4v) is 4.29. The van der Waals surface area contributed by atoms with Gasteiger partial charge in [0, 0.05) is 28.1 Å². The lowest BCUT2D eigenvalue weighted by atomic mass is 9.87. The minimum absolute atomic E-state index is 0.0921. The summed E-state index contributed by atoms with van der Waals surface area (Å²) >= 11 is 4.76. The highest BCUT2D eigenvalue weighted by molar-refractivity contribution is 9.10. The Labute approximate surface area is 217 Å². The van der Waals surface area contributed by atoms with Gasteiger partial charge in [-0.2, -0.15) is 5.10 Å². The number of nitrogens with zero attached hydrogens (tertiary/aromatic N) is 5. The van der Waals surface area contributed by atoms with E-state index in [4.69, 9.17) is 0 Å². The number of carbonyl (C=O) groups is 1. The van der Waals surface area contributed by atoms with E-state index in [1.165, 1.54) is 17.3 Å². The van der Waals surface area contributed by atoms with Crippen molar-refractivity contribution >= 4 is 39.8 Å². The van der Waals surface area contributed by atoms with Crippen molar-refractivity contribution in [1.29, 1.82) is 0 Å². The van der Waals surface area contributed by atoms with Crippen molar-refractivity contribution in [1.82, 2.24) is 25.2 Å². The Morgan fingerprint density at radius 3 is 2.49 bits per heavy atom. The first kappa shape index (κ1) is 24.8. The predicted octanol–water partition coefficient (Wildman–Crippen LogP) is 5.63. The van der Waals surface area contributed by atoms with Gasteiger partial charge in [0.2, 0.25) is 0 Å². The van der Waals surface area contributed by atoms with E-state index in [0.29, 0.717) is 11.0 Å². The van der Waals surface area contributed by atoms with E-state index >= 15 is 0 Å². The average Bonchev–Trinajstić information content (AvgIpc) is 3.27. The second-order valence-corrected chi connectivity index (χ2v) is 10.7. The summed E-state index contributed by atoms with van der Waals surface area (Å²) in [5, 5.41) is 13.4. The molecule has 0 unspecified atom stereocenters. The summed E-state index contributed by atoms with van der Waals surface area (Å²) in [4.78, 5) is 16.6. The molecule has 35 heavy (non-hydrogen) atoms. The van der Waals surface area contributed by atoms with Crippen molar-refractivity contribution in [2.24, 2.45) is 5.10 Å². The molecule has 4 rings (SSSR count). The summed E-state index contributed by atoms with van der Waals surface area (Å²) in [5.74, 6) is 0.563. The summed E-state index contributed by atoms with van der Waals surface area (Å²) in [6.07, 6.45) is 5.09. The molecule has 178 valence electrons. The maximum Gasteiger partial charge on any atom is 0.250 e. The molecule has 0 saturated heterocycles. The molecule has 0 aliphatic rings. The molecular weight excluding hydrogens is 524 g/mol. The molecule has 0 radical (unpaired) electrons. The van der Waals surface area contributed by atoms with Crippen LogP contribution in [0.2, 0.25) is 0 Å². The number of benzene rings is 2. The van der Waals surface area contributed by atoms with Crippen LogP contribution >= 0.6 is 27.7 Å². The van der Waals surface area contributed by atoms with Gasteiger partial charge in [-0.05, 0) is 52.9 Å². The molecular formula is C26H25BrN6OS. The third-order valence-corrected chi connectivity index (χ3v) is 6.61. The molecule has 0 bridgehead atoms. The van der Waals surface area contributed by atoms with E-state index in [1.54, 1.807) is 18.6 Å². The minimum atomic E-state index is -0.231. The molecule has 2 aromatic carbocycles. The molecule has 2 heterocycles. The van der Waals surface area contributed by atoms with Crippen molar-refractivity contribution in [3.05, 3.63) is 88.7 Å². The summed E-state index contributed by atoms with van der Waals surface area (Å²) in [7, 11) is 0. The molecule has 0 fully saturated rings. The van der Waals surface area contributed by atoms with Crippen LogP contribution in [0.4, 0.5) is 0 Å². The first-order chi connectivity index (χ1) is 16.8. The number of hydrogen-bond donors (Lipinski definition) is 1. The fraction of sp³-hybridized carbons (Fsp3) is 0.192. The van der Waals surface area contributed by atoms with Gasteiger partial charge in [0.05, 0.1) is 12.0 Å². The Hall–Kier alpha value is -3.30. The van der Waals surface area contributed by atoms with E-state index in [0.717, 1.165) is 21.3 Å². The molecule has 4 aromatic rings. The molecule has 7 nitrogen and oxygen atoms in total. The Balaban J connectivity index is 1.44. The summed E-state index contributed by atoms with van der Waals surface area (Å²) in [5.41, 5.74) is 6.56. The smallest absolute Gasteiger partial charge is 0.250 e. The van der Waals surface area contributed by atoms with Gasteiger partial charge in [-0.1, -0.05) is 72.7 Å². The van der Waals surface area contributed by atoms with Gasteiger partial charge < -0.3 is 0 Å². The highest BCUT2D eigenvalue weighted by Crippen LogP contribution is 2.28. The molecule has 1 N–H and O–H groups in total. The predicted molar refractivity (Wildman–Crippen MR) is 144 cm³/mol. The largest absolute Gasteiger partial charge is 0.272 e. The van der Waals surface area contributed by atoms with Crippen LogP contribution in [0.5, 0.6) is 0 Å². The molecule has 2 aromatic heterocycles. The van der Waals surface area contributed by atoms with Crippen LogP contribution in [0, 0.1) is 0 Å². The number of hydrogen-bond acceptors (Lipinski definition) is 6. The van der Waals surface area contributed by atoms with Crippen molar-refractivity contribution in [3.63, 3.8) is 0 Å². The zero-order valence-electron chi connectivity index (χ0n) is 19.6. The van der Waals surface area contributed by atoms with Gasteiger partial charge in [0.15, 0.2) is 11.0 Å². The number of thioether (sulfide) groups is 1. The second kappa shape index (κ2) is 11.0. The van der Waals surface area contributed by atoms with E-state index in [1.807, 2.05) is 53.1 Å². The minimum Gasteiger partial charge on any atom is -0.272 e. The van der Waals surface area contributed by atoms with Crippen molar-refractivity contribution in [2.45, 2.75) is 31.3 Å². The van der Waals surface area contributed by atoms with Gasteiger partial charge in [-0.15, -0.1) is 10.2 Å². The number of halogens is 1. The number of rotatable bonds is 7. The molecule has 0 saturated carbocycles. The van der Waals surface area contributed by atoms with Gasteiger partial charge in [-0.3, -0.25) is 14.3 Å². The lowest BCUT2D eigenvalue weighted by Crippen LogP contribution is -2.20. The highest BCUT2D eigenvalue weighted by Gasteiger charge is 2.17. The van der Waals surface area contributed by atoms with Gasteiger partial charge >= 0.3 is 0 Å². The van der Waals surface area contributed by atoms with Crippen LogP contribution in [0.3, 0.4) is 0 Å². The molecule has 9 heteroatoms. The van der Waals surface area contributed by atoms with Crippen LogP contribution in [0.1, 0.15) is 31.9 Å². The summed E-state index contributed by atoms with van der Waals surface area (Å²) in [6, 6.07) is 19.7. The zero-order valence-corrected chi connectivity index (χ0v) is 22.0. The van der Waals surface area contributed by atoms with Crippen LogP contribution in [-0.4, -0.2) is 37.6 Å². The maximum atomic E-state index is 12.4. The Kier molecular flexibility index (Phi) is 7.77. The number of aromatic nitrogens is 4. The van der Waals surface area contributed by atoms with Crippen LogP contribution in [0.15, 0.2) is 87.8 Å². The molecule has 1 amide bonds. The number of pyridine rings is 1. The van der Waals surface area contributed by atoms with Gasteiger partial charge in [-0.25, -0.2) is 5.43 Å². The normalized spacial score (nSPS) is 11.7. The number of amides is 1. The van der Waals surface area contributed by atoms with Crippen molar-refractivity contribution < 1.29 is 4.79 Å². The first-order valence-electron chi connectivity index (χ1n) is 11.0. The van der Waals surface area contributed by atoms with Crippen molar-refractivity contribution in [2.75, 3.05) is 5.75 Å². The average molecular weight is 549 g/mol. The first-order valence-corrected chi connectivity index (χ1v) is 12.8. The van der Waals surface area contributed by atoms with Gasteiger partial charge in [0.25, 0.3) is 5.91 Å². The second-order valence-electron chi connectivity index (χ2n) is 8.81. The number of carbonyl (C=O) groups excluding carboxylic acids is 1. The maximum absolute atomic E-state index is 12.4. The quantitative estimate of drug-likeness (QED) is 0.184. The van der Waals surface area contributed by atoms with E-state index in [-0.39, 0.29) is 17.1 Å². The highest BCUT2D eigenvalue weighted by atomic mass is 79.9. The molecule has 0 aliphatic heterocycles. The molecule has 0 aliphatic carbocycles. The molecule has 0 atom stereocenters. The van der Waals surface area contributed by atoms with Crippen LogP contribution < -0.4 is 5.43 Å². The van der Waals surface area contributed by atoms with Crippen LogP contribution in [0.25, 0.3) is 17.1 Å². The SMILES string of the molecule is CC(C)(C)c1ccc(C=NNC(=O)CSc2nnc(-c3cccnc3)n2-c2ccc(Br)cc2)cc1. The van der Waals surface area contributed by atoms with E-state index in [2.05, 4.69) is 74.5 Å². The van der Waals surface area contributed by atoms with Crippen LogP contribution in [-0.2, 0) is 10.2 Å². The van der Waals surface area contributed by atoms with Crippen molar-refractivity contribution in [3.8, 4) is 17.1 Å². The monoisotopic (exact) mass is 548 g/mol. The zero-order chi connectivity index (χ0) is 24.8. The van der Waals surface area contributed by atoms with Gasteiger partial charge in [0.1, 0.15) is 0 Å². The Morgan fingerprint density at radius 2 is 1.83 bits per heavy atom. The molecule has 0 spiro atoms. The lowest BCUT2D eigenvalue weighted by Gasteiger charge is -2.18. The van der Waals surface area contributed by atoms with E-state index < -0.39 is 0 Å². The third-order valence-electron chi connectivity index (χ3n) is 5.15. The fourth-order valence-electron chi connectivity index (χ4n) is 3.28. The Bertz CT molecular complexity index is 1310. The van der Waals surface area contributed by atoms with E-state index in [9.17, 15) is 4.79 Å². The summed E-state index contributed by atoms with van der Waals surface area (Å²) < 4.78 is 2.89.